The van der Waals surface area contributed by atoms with Gasteiger partial charge in [0.25, 0.3) is 0 Å². The van der Waals surface area contributed by atoms with Gasteiger partial charge >= 0.3 is 5.97 Å². The van der Waals surface area contributed by atoms with Gasteiger partial charge in [0.15, 0.2) is 0 Å². The van der Waals surface area contributed by atoms with E-state index in [0.29, 0.717) is 25.4 Å². The highest BCUT2D eigenvalue weighted by Crippen LogP contribution is 2.12. The van der Waals surface area contributed by atoms with Gasteiger partial charge in [-0.25, -0.2) is 0 Å². The van der Waals surface area contributed by atoms with Crippen molar-refractivity contribution in [1.82, 2.24) is 5.32 Å². The van der Waals surface area contributed by atoms with Gasteiger partial charge in [0.2, 0.25) is 0 Å². The van der Waals surface area contributed by atoms with Crippen molar-refractivity contribution in [2.24, 2.45) is 11.8 Å². The van der Waals surface area contributed by atoms with Gasteiger partial charge in [-0.1, -0.05) is 13.8 Å². The van der Waals surface area contributed by atoms with Crippen molar-refractivity contribution < 1.29 is 14.3 Å². The molecule has 0 amide bonds. The van der Waals surface area contributed by atoms with Gasteiger partial charge in [-0.05, 0) is 31.4 Å². The number of hydrogen-bond acceptors (Lipinski definition) is 3. The molecule has 0 saturated heterocycles. The van der Waals surface area contributed by atoms with Crippen LogP contribution >= 0.6 is 0 Å². The van der Waals surface area contributed by atoms with Crippen molar-refractivity contribution in [1.29, 1.82) is 0 Å². The van der Waals surface area contributed by atoms with Crippen molar-refractivity contribution in [3.63, 3.8) is 0 Å². The average Bonchev–Trinajstić information content (AvgIpc) is 2.62. The molecule has 0 aliphatic heterocycles. The van der Waals surface area contributed by atoms with E-state index in [4.69, 9.17) is 9.52 Å². The zero-order valence-electron chi connectivity index (χ0n) is 10.7. The van der Waals surface area contributed by atoms with Crippen LogP contribution in [0.15, 0.2) is 16.5 Å². The molecule has 1 rings (SSSR count). The lowest BCUT2D eigenvalue weighted by atomic mass is 9.97. The number of aliphatic carboxylic acids is 1. The first-order valence-corrected chi connectivity index (χ1v) is 5.98. The van der Waals surface area contributed by atoms with Crippen LogP contribution in [0.4, 0.5) is 0 Å². The molecule has 1 aromatic heterocycles. The number of aryl methyl sites for hydroxylation is 1. The number of furan rings is 1. The van der Waals surface area contributed by atoms with E-state index in [9.17, 15) is 4.79 Å². The maximum Gasteiger partial charge on any atom is 0.307 e. The molecule has 1 atom stereocenters. The van der Waals surface area contributed by atoms with Crippen molar-refractivity contribution in [2.45, 2.75) is 33.7 Å². The van der Waals surface area contributed by atoms with E-state index in [0.717, 1.165) is 11.5 Å². The van der Waals surface area contributed by atoms with Crippen LogP contribution < -0.4 is 5.32 Å². The highest BCUT2D eigenvalue weighted by Gasteiger charge is 2.18. The predicted molar refractivity (Wildman–Crippen MR) is 65.7 cm³/mol. The Morgan fingerprint density at radius 2 is 2.18 bits per heavy atom. The molecule has 0 spiro atoms. The molecule has 0 aliphatic rings. The Morgan fingerprint density at radius 3 is 2.65 bits per heavy atom. The minimum Gasteiger partial charge on any atom is -0.481 e. The van der Waals surface area contributed by atoms with E-state index in [-0.39, 0.29) is 5.92 Å². The molecule has 1 unspecified atom stereocenters. The molecule has 0 saturated carbocycles. The Balaban J connectivity index is 2.34. The van der Waals surface area contributed by atoms with Gasteiger partial charge in [0, 0.05) is 6.54 Å². The predicted octanol–water partition coefficient (Wildman–Crippen LogP) is 2.42. The average molecular weight is 239 g/mol. The maximum absolute atomic E-state index is 11.0. The van der Waals surface area contributed by atoms with E-state index in [1.54, 1.807) is 0 Å². The first-order valence-electron chi connectivity index (χ1n) is 5.98. The molecule has 4 heteroatoms. The molecule has 1 aromatic rings. The van der Waals surface area contributed by atoms with Gasteiger partial charge in [0.05, 0.1) is 12.5 Å². The third-order valence-corrected chi connectivity index (χ3v) is 2.59. The molecule has 1 heterocycles. The molecule has 0 aliphatic carbocycles. The Labute approximate surface area is 102 Å². The number of carbonyl (C=O) groups is 1. The second-order valence-corrected chi connectivity index (χ2v) is 4.81. The van der Waals surface area contributed by atoms with Crippen LogP contribution in [0, 0.1) is 18.8 Å². The molecule has 0 fully saturated rings. The third kappa shape index (κ3) is 5.04. The van der Waals surface area contributed by atoms with Gasteiger partial charge < -0.3 is 14.8 Å². The van der Waals surface area contributed by atoms with Crippen LogP contribution in [-0.4, -0.2) is 17.6 Å². The number of hydrogen-bond donors (Lipinski definition) is 2. The summed E-state index contributed by atoms with van der Waals surface area (Å²) < 4.78 is 5.40. The molecule has 4 nitrogen and oxygen atoms in total. The van der Waals surface area contributed by atoms with E-state index in [2.05, 4.69) is 5.32 Å². The topological polar surface area (TPSA) is 62.5 Å². The first kappa shape index (κ1) is 13.8. The van der Waals surface area contributed by atoms with E-state index in [1.807, 2.05) is 32.9 Å². The smallest absolute Gasteiger partial charge is 0.307 e. The summed E-state index contributed by atoms with van der Waals surface area (Å²) in [6, 6.07) is 3.81. The summed E-state index contributed by atoms with van der Waals surface area (Å²) in [5, 5.41) is 12.2. The third-order valence-electron chi connectivity index (χ3n) is 2.59. The second kappa shape index (κ2) is 6.45. The van der Waals surface area contributed by atoms with Gasteiger partial charge in [-0.2, -0.15) is 0 Å². The minimum atomic E-state index is -0.734. The summed E-state index contributed by atoms with van der Waals surface area (Å²) in [5.74, 6) is 1.05. The van der Waals surface area contributed by atoms with Crippen molar-refractivity contribution in [2.75, 3.05) is 6.54 Å². The zero-order chi connectivity index (χ0) is 12.8. The van der Waals surface area contributed by atoms with Gasteiger partial charge in [-0.3, -0.25) is 4.79 Å². The highest BCUT2D eigenvalue weighted by atomic mass is 16.4. The number of carboxylic acid groups (broad SMARTS) is 1. The lowest BCUT2D eigenvalue weighted by molar-refractivity contribution is -0.142. The van der Waals surface area contributed by atoms with Crippen LogP contribution in [-0.2, 0) is 11.3 Å². The highest BCUT2D eigenvalue weighted by molar-refractivity contribution is 5.70. The second-order valence-electron chi connectivity index (χ2n) is 4.81. The van der Waals surface area contributed by atoms with Gasteiger partial charge in [-0.15, -0.1) is 0 Å². The number of nitrogens with one attached hydrogen (secondary N) is 1. The van der Waals surface area contributed by atoms with Crippen LogP contribution in [0.2, 0.25) is 0 Å². The molecule has 0 bridgehead atoms. The molecule has 0 radical (unpaired) electrons. The number of rotatable bonds is 7. The Hall–Kier alpha value is -1.29. The van der Waals surface area contributed by atoms with Crippen LogP contribution in [0.5, 0.6) is 0 Å². The van der Waals surface area contributed by atoms with Crippen molar-refractivity contribution in [3.8, 4) is 0 Å². The molecular weight excluding hydrogens is 218 g/mol. The fraction of sp³-hybridized carbons (Fsp3) is 0.615. The first-order chi connectivity index (χ1) is 7.99. The van der Waals surface area contributed by atoms with E-state index >= 15 is 0 Å². The summed E-state index contributed by atoms with van der Waals surface area (Å²) in [6.45, 7) is 7.02. The lowest BCUT2D eigenvalue weighted by Gasteiger charge is -2.14. The molecular formula is C13H21NO3. The maximum atomic E-state index is 11.0. The standard InChI is InChI=1S/C13H21NO3/c1-9(2)6-11(13(15)16)7-14-8-12-5-4-10(3)17-12/h4-5,9,11,14H,6-8H2,1-3H3,(H,15,16). The summed E-state index contributed by atoms with van der Waals surface area (Å²) in [4.78, 5) is 11.0. The number of carboxylic acids is 1. The Morgan fingerprint density at radius 1 is 1.47 bits per heavy atom. The van der Waals surface area contributed by atoms with Crippen molar-refractivity contribution >= 4 is 5.97 Å². The zero-order valence-corrected chi connectivity index (χ0v) is 10.7. The summed E-state index contributed by atoms with van der Waals surface area (Å²) in [7, 11) is 0. The van der Waals surface area contributed by atoms with Crippen LogP contribution in [0.25, 0.3) is 0 Å². The molecule has 2 N–H and O–H groups in total. The molecule has 17 heavy (non-hydrogen) atoms. The molecule has 96 valence electrons. The largest absolute Gasteiger partial charge is 0.481 e. The fourth-order valence-electron chi connectivity index (χ4n) is 1.79. The quantitative estimate of drug-likeness (QED) is 0.767. The summed E-state index contributed by atoms with van der Waals surface area (Å²) >= 11 is 0. The van der Waals surface area contributed by atoms with E-state index < -0.39 is 5.97 Å². The Kier molecular flexibility index (Phi) is 5.22. The van der Waals surface area contributed by atoms with Crippen LogP contribution in [0.3, 0.4) is 0 Å². The molecule has 0 aromatic carbocycles. The monoisotopic (exact) mass is 239 g/mol. The summed E-state index contributed by atoms with van der Waals surface area (Å²) in [6.07, 6.45) is 0.694. The Bertz CT molecular complexity index is 357. The summed E-state index contributed by atoms with van der Waals surface area (Å²) in [5.41, 5.74) is 0. The van der Waals surface area contributed by atoms with Gasteiger partial charge in [0.1, 0.15) is 11.5 Å². The minimum absolute atomic E-state index is 0.328. The van der Waals surface area contributed by atoms with Crippen molar-refractivity contribution in [3.05, 3.63) is 23.7 Å². The fourth-order valence-corrected chi connectivity index (χ4v) is 1.79. The normalized spacial score (nSPS) is 12.9. The SMILES string of the molecule is Cc1ccc(CNCC(CC(C)C)C(=O)O)o1. The van der Waals surface area contributed by atoms with Crippen LogP contribution in [0.1, 0.15) is 31.8 Å². The van der Waals surface area contributed by atoms with E-state index in [1.165, 1.54) is 0 Å². The lowest BCUT2D eigenvalue weighted by Crippen LogP contribution is -2.29.